The Bertz CT molecular complexity index is 539. The van der Waals surface area contributed by atoms with Gasteiger partial charge in [0, 0.05) is 13.1 Å². The second-order valence-electron chi connectivity index (χ2n) is 5.16. The molecule has 1 unspecified atom stereocenters. The number of hydrogen-bond donors (Lipinski definition) is 1. The Morgan fingerprint density at radius 3 is 2.86 bits per heavy atom. The van der Waals surface area contributed by atoms with E-state index in [9.17, 15) is 13.2 Å². The van der Waals surface area contributed by atoms with Crippen molar-refractivity contribution in [3.05, 3.63) is 28.8 Å². The van der Waals surface area contributed by atoms with Crippen LogP contribution in [0.5, 0.6) is 0 Å². The van der Waals surface area contributed by atoms with Crippen molar-refractivity contribution in [2.75, 3.05) is 31.5 Å². The van der Waals surface area contributed by atoms with Crippen LogP contribution < -0.4 is 5.32 Å². The minimum absolute atomic E-state index is 0.137. The van der Waals surface area contributed by atoms with Gasteiger partial charge in [0.1, 0.15) is 6.07 Å². The normalized spacial score (nSPS) is 19.5. The molecule has 1 aliphatic heterocycles. The van der Waals surface area contributed by atoms with Gasteiger partial charge >= 0.3 is 6.18 Å². The van der Waals surface area contributed by atoms with Crippen LogP contribution in [0.2, 0.25) is 5.02 Å². The molecule has 114 valence electrons. The molecule has 0 bridgehead atoms. The van der Waals surface area contributed by atoms with Gasteiger partial charge in [-0.1, -0.05) is 17.7 Å². The van der Waals surface area contributed by atoms with Gasteiger partial charge in [0.15, 0.2) is 0 Å². The van der Waals surface area contributed by atoms with Crippen LogP contribution in [0.15, 0.2) is 18.2 Å². The molecule has 0 aliphatic carbocycles. The van der Waals surface area contributed by atoms with E-state index in [0.717, 1.165) is 0 Å². The smallest absolute Gasteiger partial charge is 0.384 e. The minimum Gasteiger partial charge on any atom is -0.384 e. The van der Waals surface area contributed by atoms with Gasteiger partial charge in [0.05, 0.1) is 22.8 Å². The number of nitrogens with zero attached hydrogens (tertiary/aromatic N) is 2. The number of likely N-dealkylation sites (tertiary alicyclic amines) is 1. The second kappa shape index (κ2) is 6.54. The van der Waals surface area contributed by atoms with E-state index >= 15 is 0 Å². The highest BCUT2D eigenvalue weighted by molar-refractivity contribution is 6.32. The van der Waals surface area contributed by atoms with E-state index < -0.39 is 12.7 Å². The summed E-state index contributed by atoms with van der Waals surface area (Å²) in [6, 6.07) is 7.13. The zero-order chi connectivity index (χ0) is 15.5. The number of nitriles is 1. The summed E-state index contributed by atoms with van der Waals surface area (Å²) in [7, 11) is 0. The van der Waals surface area contributed by atoms with Crippen LogP contribution in [0.25, 0.3) is 0 Å². The molecule has 3 nitrogen and oxygen atoms in total. The lowest BCUT2D eigenvalue weighted by molar-refractivity contribution is -0.143. The van der Waals surface area contributed by atoms with Crippen LogP contribution in [0.1, 0.15) is 12.0 Å². The molecule has 7 heteroatoms. The van der Waals surface area contributed by atoms with E-state index in [0.29, 0.717) is 42.3 Å². The van der Waals surface area contributed by atoms with Crippen LogP contribution >= 0.6 is 11.6 Å². The van der Waals surface area contributed by atoms with Gasteiger partial charge in [-0.05, 0) is 31.0 Å². The van der Waals surface area contributed by atoms with E-state index in [-0.39, 0.29) is 5.92 Å². The first-order chi connectivity index (χ1) is 9.89. The summed E-state index contributed by atoms with van der Waals surface area (Å²) >= 11 is 5.92. The van der Waals surface area contributed by atoms with Gasteiger partial charge in [-0.15, -0.1) is 0 Å². The Morgan fingerprint density at radius 1 is 1.43 bits per heavy atom. The first-order valence-corrected chi connectivity index (χ1v) is 6.98. The largest absolute Gasteiger partial charge is 0.401 e. The van der Waals surface area contributed by atoms with Gasteiger partial charge in [-0.25, -0.2) is 0 Å². The summed E-state index contributed by atoms with van der Waals surface area (Å²) in [5.41, 5.74) is 0.989. The van der Waals surface area contributed by atoms with Crippen molar-refractivity contribution in [1.29, 1.82) is 5.26 Å². The van der Waals surface area contributed by atoms with Crippen LogP contribution in [0, 0.1) is 17.2 Å². The van der Waals surface area contributed by atoms with Crippen molar-refractivity contribution in [2.45, 2.75) is 12.6 Å². The zero-order valence-corrected chi connectivity index (χ0v) is 12.0. The number of anilines is 1. The third-order valence-corrected chi connectivity index (χ3v) is 3.79. The minimum atomic E-state index is -4.15. The standard InChI is InChI=1S/C14H15ClF3N3/c15-12-2-1-3-13(11(12)6-19)20-7-10-4-5-21(8-10)9-14(16,17)18/h1-3,10,20H,4-5,7-9H2. The monoisotopic (exact) mass is 317 g/mol. The number of rotatable bonds is 4. The van der Waals surface area contributed by atoms with Crippen molar-refractivity contribution in [3.63, 3.8) is 0 Å². The lowest BCUT2D eigenvalue weighted by Crippen LogP contribution is -2.33. The van der Waals surface area contributed by atoms with Crippen LogP contribution in [-0.4, -0.2) is 37.3 Å². The van der Waals surface area contributed by atoms with Gasteiger partial charge in [-0.3, -0.25) is 4.90 Å². The maximum Gasteiger partial charge on any atom is 0.401 e. The Hall–Kier alpha value is -1.45. The van der Waals surface area contributed by atoms with Crippen LogP contribution in [0.3, 0.4) is 0 Å². The molecule has 1 fully saturated rings. The third-order valence-electron chi connectivity index (χ3n) is 3.48. The fourth-order valence-corrected chi connectivity index (χ4v) is 2.73. The van der Waals surface area contributed by atoms with Crippen molar-refractivity contribution in [2.24, 2.45) is 5.92 Å². The van der Waals surface area contributed by atoms with E-state index in [1.54, 1.807) is 18.2 Å². The maximum atomic E-state index is 12.3. The predicted molar refractivity (Wildman–Crippen MR) is 75.3 cm³/mol. The van der Waals surface area contributed by atoms with Gasteiger partial charge < -0.3 is 5.32 Å². The Labute approximate surface area is 126 Å². The summed E-state index contributed by atoms with van der Waals surface area (Å²) in [6.07, 6.45) is -3.44. The van der Waals surface area contributed by atoms with E-state index in [4.69, 9.17) is 16.9 Å². The Morgan fingerprint density at radius 2 is 2.19 bits per heavy atom. The first-order valence-electron chi connectivity index (χ1n) is 6.60. The molecule has 1 aromatic carbocycles. The fourth-order valence-electron chi connectivity index (χ4n) is 2.52. The molecule has 0 amide bonds. The molecule has 1 saturated heterocycles. The second-order valence-corrected chi connectivity index (χ2v) is 5.57. The first kappa shape index (κ1) is 15.9. The molecule has 1 heterocycles. The van der Waals surface area contributed by atoms with Crippen molar-refractivity contribution < 1.29 is 13.2 Å². The number of alkyl halides is 3. The summed E-state index contributed by atoms with van der Waals surface area (Å²) in [5, 5.41) is 12.5. The lowest BCUT2D eigenvalue weighted by atomic mass is 10.1. The van der Waals surface area contributed by atoms with Crippen molar-refractivity contribution >= 4 is 17.3 Å². The molecule has 1 aromatic rings. The highest BCUT2D eigenvalue weighted by Crippen LogP contribution is 2.26. The highest BCUT2D eigenvalue weighted by Gasteiger charge is 2.34. The number of benzene rings is 1. The quantitative estimate of drug-likeness (QED) is 0.923. The number of hydrogen-bond acceptors (Lipinski definition) is 3. The topological polar surface area (TPSA) is 39.1 Å². The Balaban J connectivity index is 1.88. The average Bonchev–Trinajstić information content (AvgIpc) is 2.81. The molecule has 21 heavy (non-hydrogen) atoms. The summed E-state index contributed by atoms with van der Waals surface area (Å²) in [6.45, 7) is 0.537. The highest BCUT2D eigenvalue weighted by atomic mass is 35.5. The fraction of sp³-hybridized carbons (Fsp3) is 0.500. The number of halogens is 4. The van der Waals surface area contributed by atoms with Gasteiger partial charge in [-0.2, -0.15) is 18.4 Å². The van der Waals surface area contributed by atoms with E-state index in [1.165, 1.54) is 4.90 Å². The number of nitrogens with one attached hydrogen (secondary N) is 1. The molecule has 2 rings (SSSR count). The van der Waals surface area contributed by atoms with Crippen molar-refractivity contribution in [1.82, 2.24) is 4.90 Å². The zero-order valence-electron chi connectivity index (χ0n) is 11.3. The van der Waals surface area contributed by atoms with E-state index in [2.05, 4.69) is 5.32 Å². The molecule has 0 radical (unpaired) electrons. The summed E-state index contributed by atoms with van der Waals surface area (Å²) in [5.74, 6) is 0.137. The SMILES string of the molecule is N#Cc1c(Cl)cccc1NCC1CCN(CC(F)(F)F)C1. The Kier molecular flexibility index (Phi) is 4.96. The summed E-state index contributed by atoms with van der Waals surface area (Å²) < 4.78 is 37.0. The third kappa shape index (κ3) is 4.51. The summed E-state index contributed by atoms with van der Waals surface area (Å²) in [4.78, 5) is 1.41. The van der Waals surface area contributed by atoms with Gasteiger partial charge in [0.25, 0.3) is 0 Å². The van der Waals surface area contributed by atoms with Gasteiger partial charge in [0.2, 0.25) is 0 Å². The predicted octanol–water partition coefficient (Wildman–Crippen LogP) is 3.51. The lowest BCUT2D eigenvalue weighted by Gasteiger charge is -2.18. The molecule has 1 atom stereocenters. The van der Waals surface area contributed by atoms with Crippen molar-refractivity contribution in [3.8, 4) is 6.07 Å². The molecular formula is C14H15ClF3N3. The average molecular weight is 318 g/mol. The molecule has 0 aromatic heterocycles. The van der Waals surface area contributed by atoms with Crippen LogP contribution in [0.4, 0.5) is 18.9 Å². The molecule has 1 aliphatic rings. The van der Waals surface area contributed by atoms with Crippen LogP contribution in [-0.2, 0) is 0 Å². The maximum absolute atomic E-state index is 12.3. The molecule has 0 saturated carbocycles. The molecular weight excluding hydrogens is 303 g/mol. The molecule has 0 spiro atoms. The molecule has 1 N–H and O–H groups in total. The van der Waals surface area contributed by atoms with E-state index in [1.807, 2.05) is 6.07 Å².